The van der Waals surface area contributed by atoms with Crippen LogP contribution in [-0.4, -0.2) is 18.6 Å². The molecule has 4 aromatic rings. The standard InChI is InChI=1S/C35H35NO2S/c1-34(2,3)25-17-12-23(13-18-25)31(37)29(32(38)24-14-19-26(20-15-24)35(4,5)6)33-36(7)30-27-11-9-8-10-22(27)16-21-28(30)39-33/h8-21H,1-7H3. The zero-order valence-corrected chi connectivity index (χ0v) is 24.6. The fraction of sp³-hybridized carbons (Fsp3) is 0.257. The molecule has 0 aliphatic carbocycles. The molecule has 0 fully saturated rings. The maximum atomic E-state index is 14.2. The molecule has 0 spiro atoms. The average molecular weight is 534 g/mol. The summed E-state index contributed by atoms with van der Waals surface area (Å²) in [5, 5.41) is 2.89. The minimum atomic E-state index is -0.258. The number of benzene rings is 4. The zero-order valence-electron chi connectivity index (χ0n) is 23.8. The molecule has 198 valence electrons. The summed E-state index contributed by atoms with van der Waals surface area (Å²) >= 11 is 1.49. The van der Waals surface area contributed by atoms with E-state index in [4.69, 9.17) is 0 Å². The van der Waals surface area contributed by atoms with Gasteiger partial charge in [-0.1, -0.05) is 132 Å². The Labute approximate surface area is 235 Å². The van der Waals surface area contributed by atoms with Crippen molar-refractivity contribution in [3.8, 4) is 0 Å². The molecule has 1 aliphatic rings. The molecule has 0 atom stereocenters. The SMILES string of the molecule is CN1C(=C(C(=O)c2ccc(C(C)(C)C)cc2)C(=O)c2ccc(C(C)(C)C)cc2)Sc2ccc3ccccc3c21. The molecule has 4 aromatic carbocycles. The van der Waals surface area contributed by atoms with E-state index in [0.717, 1.165) is 32.5 Å². The second-order valence-electron chi connectivity index (χ2n) is 12.3. The summed E-state index contributed by atoms with van der Waals surface area (Å²) in [6, 6.07) is 27.8. The van der Waals surface area contributed by atoms with Gasteiger partial charge in [0, 0.05) is 28.5 Å². The number of ketones is 2. The number of rotatable bonds is 4. The van der Waals surface area contributed by atoms with Gasteiger partial charge in [-0.05, 0) is 33.4 Å². The Bertz CT molecular complexity index is 1540. The number of Topliss-reactive ketones (excluding diaryl/α,β-unsaturated/α-hetero) is 2. The Kier molecular flexibility index (Phi) is 6.80. The van der Waals surface area contributed by atoms with Crippen molar-refractivity contribution in [2.24, 2.45) is 0 Å². The number of anilines is 1. The first-order chi connectivity index (χ1) is 18.4. The van der Waals surface area contributed by atoms with Gasteiger partial charge in [0.15, 0.2) is 11.6 Å². The average Bonchev–Trinajstić information content (AvgIpc) is 3.24. The summed E-state index contributed by atoms with van der Waals surface area (Å²) in [6.45, 7) is 12.9. The van der Waals surface area contributed by atoms with E-state index in [-0.39, 0.29) is 28.0 Å². The van der Waals surface area contributed by atoms with Crippen molar-refractivity contribution in [3.63, 3.8) is 0 Å². The van der Waals surface area contributed by atoms with Crippen molar-refractivity contribution in [1.82, 2.24) is 0 Å². The summed E-state index contributed by atoms with van der Waals surface area (Å²) in [5.41, 5.74) is 4.48. The Morgan fingerprint density at radius 2 is 1.13 bits per heavy atom. The van der Waals surface area contributed by atoms with Crippen LogP contribution in [0.4, 0.5) is 5.69 Å². The number of carbonyl (C=O) groups is 2. The molecule has 1 aliphatic heterocycles. The molecule has 0 N–H and O–H groups in total. The van der Waals surface area contributed by atoms with Crippen molar-refractivity contribution in [3.05, 3.63) is 118 Å². The first-order valence-electron chi connectivity index (χ1n) is 13.3. The van der Waals surface area contributed by atoms with E-state index in [2.05, 4.69) is 65.8 Å². The third-order valence-corrected chi connectivity index (χ3v) is 8.63. The smallest absolute Gasteiger partial charge is 0.199 e. The van der Waals surface area contributed by atoms with Gasteiger partial charge < -0.3 is 4.90 Å². The highest BCUT2D eigenvalue weighted by atomic mass is 32.2. The highest BCUT2D eigenvalue weighted by Crippen LogP contribution is 2.50. The van der Waals surface area contributed by atoms with Gasteiger partial charge in [-0.15, -0.1) is 0 Å². The Morgan fingerprint density at radius 3 is 1.62 bits per heavy atom. The summed E-state index contributed by atoms with van der Waals surface area (Å²) < 4.78 is 0. The van der Waals surface area contributed by atoms with Crippen molar-refractivity contribution < 1.29 is 9.59 Å². The highest BCUT2D eigenvalue weighted by Gasteiger charge is 2.34. The number of nitrogens with zero attached hydrogens (tertiary/aromatic N) is 1. The van der Waals surface area contributed by atoms with Crippen LogP contribution in [0.1, 0.15) is 73.4 Å². The molecule has 1 heterocycles. The predicted molar refractivity (Wildman–Crippen MR) is 164 cm³/mol. The van der Waals surface area contributed by atoms with Crippen LogP contribution in [0.3, 0.4) is 0 Å². The molecular formula is C35H35NO2S. The van der Waals surface area contributed by atoms with E-state index >= 15 is 0 Å². The normalized spacial score (nSPS) is 13.5. The molecule has 0 saturated carbocycles. The van der Waals surface area contributed by atoms with Crippen molar-refractivity contribution in [1.29, 1.82) is 0 Å². The maximum Gasteiger partial charge on any atom is 0.199 e. The van der Waals surface area contributed by atoms with Crippen molar-refractivity contribution in [2.45, 2.75) is 57.3 Å². The second-order valence-corrected chi connectivity index (χ2v) is 13.3. The van der Waals surface area contributed by atoms with Crippen LogP contribution >= 0.6 is 11.8 Å². The maximum absolute atomic E-state index is 14.2. The van der Waals surface area contributed by atoms with Crippen LogP contribution < -0.4 is 4.90 Å². The molecule has 39 heavy (non-hydrogen) atoms. The topological polar surface area (TPSA) is 37.4 Å². The molecule has 3 nitrogen and oxygen atoms in total. The third-order valence-electron chi connectivity index (χ3n) is 7.40. The van der Waals surface area contributed by atoms with Crippen LogP contribution in [0.25, 0.3) is 10.8 Å². The zero-order chi connectivity index (χ0) is 28.1. The predicted octanol–water partition coefficient (Wildman–Crippen LogP) is 8.95. The van der Waals surface area contributed by atoms with Crippen molar-refractivity contribution in [2.75, 3.05) is 11.9 Å². The number of hydrogen-bond donors (Lipinski definition) is 0. The van der Waals surface area contributed by atoms with Gasteiger partial charge in [0.05, 0.1) is 10.7 Å². The van der Waals surface area contributed by atoms with E-state index in [1.807, 2.05) is 72.6 Å². The van der Waals surface area contributed by atoms with Crippen LogP contribution in [0.5, 0.6) is 0 Å². The van der Waals surface area contributed by atoms with Gasteiger partial charge in [-0.3, -0.25) is 9.59 Å². The van der Waals surface area contributed by atoms with Gasteiger partial charge >= 0.3 is 0 Å². The molecule has 0 bridgehead atoms. The minimum Gasteiger partial charge on any atom is -0.337 e. The number of allylic oxidation sites excluding steroid dienone is 1. The molecule has 5 rings (SSSR count). The van der Waals surface area contributed by atoms with Gasteiger partial charge in [-0.25, -0.2) is 0 Å². The minimum absolute atomic E-state index is 0.0300. The molecule has 0 saturated heterocycles. The molecule has 4 heteroatoms. The lowest BCUT2D eigenvalue weighted by Gasteiger charge is -2.21. The Balaban J connectivity index is 1.65. The number of carbonyl (C=O) groups excluding carboxylic acids is 2. The molecular weight excluding hydrogens is 498 g/mol. The Hall–Kier alpha value is -3.63. The number of fused-ring (bicyclic) bond motifs is 3. The molecule has 0 unspecified atom stereocenters. The number of thioether (sulfide) groups is 1. The number of hydrogen-bond acceptors (Lipinski definition) is 4. The largest absolute Gasteiger partial charge is 0.337 e. The Morgan fingerprint density at radius 1 is 0.641 bits per heavy atom. The van der Waals surface area contributed by atoms with Crippen LogP contribution in [-0.2, 0) is 10.8 Å². The summed E-state index contributed by atoms with van der Waals surface area (Å²) in [7, 11) is 1.95. The summed E-state index contributed by atoms with van der Waals surface area (Å²) in [4.78, 5) is 31.4. The van der Waals surface area contributed by atoms with Crippen LogP contribution in [0.15, 0.2) is 100 Å². The molecule has 0 aromatic heterocycles. The van der Waals surface area contributed by atoms with E-state index in [9.17, 15) is 9.59 Å². The lowest BCUT2D eigenvalue weighted by molar-refractivity contribution is 0.0961. The van der Waals surface area contributed by atoms with E-state index in [1.165, 1.54) is 11.8 Å². The quantitative estimate of drug-likeness (QED) is 0.114. The highest BCUT2D eigenvalue weighted by molar-refractivity contribution is 8.03. The lowest BCUT2D eigenvalue weighted by atomic mass is 9.85. The first kappa shape index (κ1) is 27.0. The third kappa shape index (κ3) is 5.06. The van der Waals surface area contributed by atoms with Gasteiger partial charge in [-0.2, -0.15) is 0 Å². The first-order valence-corrected chi connectivity index (χ1v) is 14.2. The van der Waals surface area contributed by atoms with Gasteiger partial charge in [0.25, 0.3) is 0 Å². The van der Waals surface area contributed by atoms with E-state index in [1.54, 1.807) is 0 Å². The molecule has 0 radical (unpaired) electrons. The molecule has 0 amide bonds. The van der Waals surface area contributed by atoms with Crippen LogP contribution in [0, 0.1) is 0 Å². The van der Waals surface area contributed by atoms with Crippen molar-refractivity contribution >= 4 is 39.8 Å². The monoisotopic (exact) mass is 533 g/mol. The van der Waals surface area contributed by atoms with E-state index < -0.39 is 0 Å². The fourth-order valence-electron chi connectivity index (χ4n) is 4.99. The summed E-state index contributed by atoms with van der Waals surface area (Å²) in [5.74, 6) is -0.515. The lowest BCUT2D eigenvalue weighted by Crippen LogP contribution is -2.22. The fourth-order valence-corrected chi connectivity index (χ4v) is 6.19. The van der Waals surface area contributed by atoms with E-state index in [0.29, 0.717) is 16.2 Å². The van der Waals surface area contributed by atoms with Gasteiger partial charge in [0.1, 0.15) is 5.57 Å². The summed E-state index contributed by atoms with van der Waals surface area (Å²) in [6.07, 6.45) is 0. The van der Waals surface area contributed by atoms with Gasteiger partial charge in [0.2, 0.25) is 0 Å². The van der Waals surface area contributed by atoms with Crippen LogP contribution in [0.2, 0.25) is 0 Å². The second kappa shape index (κ2) is 9.84.